The van der Waals surface area contributed by atoms with Crippen molar-refractivity contribution in [1.82, 2.24) is 15.2 Å². The molecule has 18 heavy (non-hydrogen) atoms. The molecule has 1 aromatic rings. The number of rotatable bonds is 3. The van der Waals surface area contributed by atoms with E-state index >= 15 is 0 Å². The molecule has 1 aliphatic heterocycles. The molecule has 1 unspecified atom stereocenters. The van der Waals surface area contributed by atoms with Gasteiger partial charge in [-0.1, -0.05) is 0 Å². The van der Waals surface area contributed by atoms with E-state index in [1.807, 2.05) is 0 Å². The van der Waals surface area contributed by atoms with Crippen molar-refractivity contribution < 1.29 is 0 Å². The average Bonchev–Trinajstić information content (AvgIpc) is 3.11. The van der Waals surface area contributed by atoms with Gasteiger partial charge in [0.05, 0.1) is 6.54 Å². The highest BCUT2D eigenvalue weighted by Crippen LogP contribution is 2.40. The summed E-state index contributed by atoms with van der Waals surface area (Å²) in [6.07, 6.45) is 4.08. The molecule has 0 radical (unpaired) electrons. The van der Waals surface area contributed by atoms with Gasteiger partial charge < -0.3 is 5.32 Å². The Bertz CT molecular complexity index is 413. The van der Waals surface area contributed by atoms with Crippen molar-refractivity contribution in [3.8, 4) is 0 Å². The fourth-order valence-electron chi connectivity index (χ4n) is 3.07. The third-order valence-electron chi connectivity index (χ3n) is 4.24. The van der Waals surface area contributed by atoms with Crippen molar-refractivity contribution in [3.05, 3.63) is 16.1 Å². The Hall–Kier alpha value is -0.450. The van der Waals surface area contributed by atoms with Crippen molar-refractivity contribution in [3.63, 3.8) is 0 Å². The minimum atomic E-state index is 0.336. The first-order chi connectivity index (χ1) is 8.66. The minimum absolute atomic E-state index is 0.336. The number of hydrogen-bond donors (Lipinski definition) is 1. The summed E-state index contributed by atoms with van der Waals surface area (Å²) in [5.41, 5.74) is 1.50. The molecule has 1 atom stereocenters. The maximum Gasteiger partial charge on any atom is 0.107 e. The molecule has 1 N–H and O–H groups in total. The van der Waals surface area contributed by atoms with E-state index < -0.39 is 0 Å². The lowest BCUT2D eigenvalue weighted by molar-refractivity contribution is 0.195. The third-order valence-corrected chi connectivity index (χ3v) is 5.19. The minimum Gasteiger partial charge on any atom is -0.310 e. The van der Waals surface area contributed by atoms with Gasteiger partial charge in [0.15, 0.2) is 0 Å². The van der Waals surface area contributed by atoms with Gasteiger partial charge in [-0.3, -0.25) is 4.90 Å². The predicted molar refractivity (Wildman–Crippen MR) is 75.9 cm³/mol. The fraction of sp³-hybridized carbons (Fsp3) is 0.786. The van der Waals surface area contributed by atoms with Crippen LogP contribution in [0.25, 0.3) is 0 Å². The first-order valence-electron chi connectivity index (χ1n) is 7.04. The molecule has 0 spiro atoms. The summed E-state index contributed by atoms with van der Waals surface area (Å²) >= 11 is 1.80. The molecular formula is C14H23N3S. The van der Waals surface area contributed by atoms with Gasteiger partial charge in [0.25, 0.3) is 0 Å². The van der Waals surface area contributed by atoms with Crippen LogP contribution in [0.5, 0.6) is 0 Å². The second kappa shape index (κ2) is 4.91. The van der Waals surface area contributed by atoms with Crippen LogP contribution in [0.2, 0.25) is 0 Å². The second-order valence-electron chi connectivity index (χ2n) is 6.07. The lowest BCUT2D eigenvalue weighted by Gasteiger charge is -2.33. The number of hydrogen-bond acceptors (Lipinski definition) is 4. The Balaban J connectivity index is 1.67. The van der Waals surface area contributed by atoms with E-state index in [1.165, 1.54) is 43.9 Å². The number of thiazole rings is 1. The van der Waals surface area contributed by atoms with Gasteiger partial charge in [-0.05, 0) is 52.1 Å². The molecule has 0 bridgehead atoms. The van der Waals surface area contributed by atoms with E-state index in [0.717, 1.165) is 18.2 Å². The van der Waals surface area contributed by atoms with Gasteiger partial charge in [0.2, 0.25) is 0 Å². The highest BCUT2D eigenvalue weighted by atomic mass is 32.1. The maximum atomic E-state index is 4.60. The van der Waals surface area contributed by atoms with E-state index in [-0.39, 0.29) is 0 Å². The van der Waals surface area contributed by atoms with Gasteiger partial charge in [-0.15, -0.1) is 11.3 Å². The van der Waals surface area contributed by atoms with Crippen LogP contribution in [0.15, 0.2) is 5.38 Å². The zero-order chi connectivity index (χ0) is 12.6. The summed E-state index contributed by atoms with van der Waals surface area (Å²) in [6, 6.07) is 0. The van der Waals surface area contributed by atoms with Gasteiger partial charge >= 0.3 is 0 Å². The molecule has 1 saturated heterocycles. The van der Waals surface area contributed by atoms with Crippen LogP contribution >= 0.6 is 11.3 Å². The summed E-state index contributed by atoms with van der Waals surface area (Å²) in [5, 5.41) is 7.21. The molecule has 100 valence electrons. The van der Waals surface area contributed by atoms with E-state index in [9.17, 15) is 0 Å². The van der Waals surface area contributed by atoms with Gasteiger partial charge in [0.1, 0.15) is 5.01 Å². The topological polar surface area (TPSA) is 28.2 Å². The van der Waals surface area contributed by atoms with Crippen molar-refractivity contribution >= 4 is 11.3 Å². The highest BCUT2D eigenvalue weighted by Gasteiger charge is 2.42. The molecule has 0 amide bonds. The molecule has 2 fully saturated rings. The largest absolute Gasteiger partial charge is 0.310 e. The van der Waals surface area contributed by atoms with E-state index in [4.69, 9.17) is 0 Å². The molecule has 1 aliphatic carbocycles. The summed E-state index contributed by atoms with van der Waals surface area (Å²) in [4.78, 5) is 7.19. The van der Waals surface area contributed by atoms with Crippen LogP contribution in [0.1, 0.15) is 36.9 Å². The summed E-state index contributed by atoms with van der Waals surface area (Å²) < 4.78 is 0. The SMILES string of the molecule is Cc1csc(CN2CCCNC(C)(C3CC3)C2)n1. The molecule has 3 nitrogen and oxygen atoms in total. The average molecular weight is 265 g/mol. The van der Waals surface area contributed by atoms with Crippen LogP contribution in [0.4, 0.5) is 0 Å². The Morgan fingerprint density at radius 1 is 1.56 bits per heavy atom. The van der Waals surface area contributed by atoms with Gasteiger partial charge in [-0.2, -0.15) is 0 Å². The number of aromatic nitrogens is 1. The lowest BCUT2D eigenvalue weighted by atomic mass is 9.95. The second-order valence-corrected chi connectivity index (χ2v) is 7.01. The predicted octanol–water partition coefficient (Wildman–Crippen LogP) is 2.42. The monoisotopic (exact) mass is 265 g/mol. The van der Waals surface area contributed by atoms with Crippen molar-refractivity contribution in [2.24, 2.45) is 5.92 Å². The Kier molecular flexibility index (Phi) is 3.43. The molecule has 1 aromatic heterocycles. The molecular weight excluding hydrogens is 242 g/mol. The van der Waals surface area contributed by atoms with Gasteiger partial charge in [0, 0.05) is 23.2 Å². The smallest absolute Gasteiger partial charge is 0.107 e. The van der Waals surface area contributed by atoms with Crippen LogP contribution in [-0.4, -0.2) is 35.1 Å². The summed E-state index contributed by atoms with van der Waals surface area (Å²) in [5.74, 6) is 0.899. The third kappa shape index (κ3) is 2.76. The molecule has 1 saturated carbocycles. The van der Waals surface area contributed by atoms with E-state index in [2.05, 4.69) is 34.4 Å². The van der Waals surface area contributed by atoms with Crippen LogP contribution < -0.4 is 5.32 Å². The quantitative estimate of drug-likeness (QED) is 0.910. The Labute approximate surface area is 114 Å². The first-order valence-corrected chi connectivity index (χ1v) is 7.92. The number of nitrogens with zero attached hydrogens (tertiary/aromatic N) is 2. The molecule has 3 rings (SSSR count). The molecule has 2 heterocycles. The van der Waals surface area contributed by atoms with Crippen LogP contribution in [-0.2, 0) is 6.54 Å². The zero-order valence-corrected chi connectivity index (χ0v) is 12.2. The summed E-state index contributed by atoms with van der Waals surface area (Å²) in [7, 11) is 0. The lowest BCUT2D eigenvalue weighted by Crippen LogP contribution is -2.50. The van der Waals surface area contributed by atoms with E-state index in [1.54, 1.807) is 11.3 Å². The van der Waals surface area contributed by atoms with Crippen LogP contribution in [0, 0.1) is 12.8 Å². The molecule has 2 aliphatic rings. The summed E-state index contributed by atoms with van der Waals surface area (Å²) in [6.45, 7) is 9.07. The number of nitrogens with one attached hydrogen (secondary N) is 1. The maximum absolute atomic E-state index is 4.60. The number of aryl methyl sites for hydroxylation is 1. The Morgan fingerprint density at radius 2 is 2.39 bits per heavy atom. The zero-order valence-electron chi connectivity index (χ0n) is 11.4. The van der Waals surface area contributed by atoms with E-state index in [0.29, 0.717) is 5.54 Å². The van der Waals surface area contributed by atoms with Crippen LogP contribution in [0.3, 0.4) is 0 Å². The van der Waals surface area contributed by atoms with Crippen molar-refractivity contribution in [2.45, 2.75) is 45.2 Å². The normalized spacial score (nSPS) is 30.3. The van der Waals surface area contributed by atoms with Crippen molar-refractivity contribution in [1.29, 1.82) is 0 Å². The van der Waals surface area contributed by atoms with Gasteiger partial charge in [-0.25, -0.2) is 4.98 Å². The molecule has 4 heteroatoms. The first kappa shape index (κ1) is 12.6. The Morgan fingerprint density at radius 3 is 3.06 bits per heavy atom. The highest BCUT2D eigenvalue weighted by molar-refractivity contribution is 7.09. The molecule has 0 aromatic carbocycles. The fourth-order valence-corrected chi connectivity index (χ4v) is 3.88. The standard InChI is InChI=1S/C14H23N3S/c1-11-9-18-13(16-11)8-17-7-3-6-15-14(2,10-17)12-4-5-12/h9,12,15H,3-8,10H2,1-2H3. The van der Waals surface area contributed by atoms with Crippen molar-refractivity contribution in [2.75, 3.05) is 19.6 Å².